The normalized spacial score (nSPS) is 24.8. The van der Waals surface area contributed by atoms with Crippen molar-refractivity contribution in [3.63, 3.8) is 0 Å². The first-order chi connectivity index (χ1) is 18.7. The lowest BCUT2D eigenvalue weighted by molar-refractivity contribution is -0.0257. The number of halogens is 1. The van der Waals surface area contributed by atoms with Crippen LogP contribution in [0.15, 0.2) is 30.7 Å². The fraction of sp³-hybridized carbons (Fsp3) is 0.571. The van der Waals surface area contributed by atoms with E-state index >= 15 is 0 Å². The Balaban J connectivity index is 1.42. The first kappa shape index (κ1) is 28.4. The number of anilines is 4. The van der Waals surface area contributed by atoms with E-state index in [9.17, 15) is 17.9 Å². The minimum atomic E-state index is -3.04. The van der Waals surface area contributed by atoms with Crippen LogP contribution in [0.3, 0.4) is 0 Å². The summed E-state index contributed by atoms with van der Waals surface area (Å²) in [5.74, 6) is 1.75. The molecule has 0 aliphatic carbocycles. The number of aliphatic hydroxyl groups excluding tert-OH is 1. The number of rotatable bonds is 7. The Kier molecular flexibility index (Phi) is 7.37. The van der Waals surface area contributed by atoms with Crippen molar-refractivity contribution in [3.05, 3.63) is 36.3 Å². The van der Waals surface area contributed by atoms with Crippen molar-refractivity contribution < 1.29 is 17.9 Å². The van der Waals surface area contributed by atoms with Crippen LogP contribution in [0, 0.1) is 11.3 Å². The van der Waals surface area contributed by atoms with Crippen LogP contribution in [0.25, 0.3) is 10.8 Å². The fourth-order valence-electron chi connectivity index (χ4n) is 5.87. The summed E-state index contributed by atoms with van der Waals surface area (Å²) in [6.45, 7) is 11.1. The van der Waals surface area contributed by atoms with Gasteiger partial charge in [0.05, 0.1) is 18.4 Å². The van der Waals surface area contributed by atoms with Crippen LogP contribution >= 0.6 is 0 Å². The van der Waals surface area contributed by atoms with Gasteiger partial charge >= 0.3 is 0 Å². The van der Waals surface area contributed by atoms with Gasteiger partial charge in [-0.15, -0.1) is 0 Å². The van der Waals surface area contributed by atoms with Crippen LogP contribution in [0.4, 0.5) is 27.8 Å². The highest BCUT2D eigenvalue weighted by Gasteiger charge is 2.42. The SMILES string of the molecule is CC(C)c1ccc(N2C[C@@H](CS(C)(=O)=O)[C@@H]2C)c2cnc(Nc3ncnc(N4C[C@@H](F)[C@@H](O)C(C)(C)C4)n3)cc12. The van der Waals surface area contributed by atoms with Crippen LogP contribution in [-0.2, 0) is 9.84 Å². The molecule has 4 heterocycles. The first-order valence-corrected chi connectivity index (χ1v) is 15.7. The molecule has 0 spiro atoms. The number of hydrogen-bond acceptors (Lipinski definition) is 10. The summed E-state index contributed by atoms with van der Waals surface area (Å²) in [5, 5.41) is 15.4. The van der Waals surface area contributed by atoms with Crippen molar-refractivity contribution in [1.82, 2.24) is 19.9 Å². The molecule has 5 rings (SSSR count). The van der Waals surface area contributed by atoms with Gasteiger partial charge in [0.25, 0.3) is 0 Å². The van der Waals surface area contributed by atoms with E-state index in [1.165, 1.54) is 18.1 Å². The molecule has 2 aliphatic heterocycles. The van der Waals surface area contributed by atoms with Gasteiger partial charge in [0.2, 0.25) is 11.9 Å². The molecule has 2 aromatic heterocycles. The topological polar surface area (TPSA) is 124 Å². The van der Waals surface area contributed by atoms with Gasteiger partial charge in [0, 0.05) is 54.0 Å². The van der Waals surface area contributed by atoms with Gasteiger partial charge < -0.3 is 20.2 Å². The molecule has 0 amide bonds. The highest BCUT2D eigenvalue weighted by molar-refractivity contribution is 7.90. The molecule has 216 valence electrons. The highest BCUT2D eigenvalue weighted by Crippen LogP contribution is 2.40. The molecular weight excluding hydrogens is 533 g/mol. The minimum absolute atomic E-state index is 0.00274. The number of piperidine rings is 1. The van der Waals surface area contributed by atoms with E-state index in [0.717, 1.165) is 16.5 Å². The number of benzene rings is 1. The quantitative estimate of drug-likeness (QED) is 0.434. The third-order valence-electron chi connectivity index (χ3n) is 8.18. The molecule has 2 fully saturated rings. The van der Waals surface area contributed by atoms with Gasteiger partial charge in [-0.1, -0.05) is 33.8 Å². The molecule has 0 bridgehead atoms. The summed E-state index contributed by atoms with van der Waals surface area (Å²) < 4.78 is 38.2. The van der Waals surface area contributed by atoms with Gasteiger partial charge in [0.15, 0.2) is 0 Å². The smallest absolute Gasteiger partial charge is 0.233 e. The monoisotopic (exact) mass is 571 g/mol. The number of fused-ring (bicyclic) bond motifs is 1. The predicted octanol–water partition coefficient (Wildman–Crippen LogP) is 3.70. The van der Waals surface area contributed by atoms with Crippen LogP contribution in [0.1, 0.15) is 46.1 Å². The van der Waals surface area contributed by atoms with Gasteiger partial charge in [-0.25, -0.2) is 27.8 Å². The number of aromatic nitrogens is 4. The molecular formula is C28H38FN7O3S. The lowest BCUT2D eigenvalue weighted by Gasteiger charge is -2.48. The van der Waals surface area contributed by atoms with E-state index in [1.807, 2.05) is 26.1 Å². The molecule has 1 aromatic carbocycles. The van der Waals surface area contributed by atoms with Crippen LogP contribution in [-0.4, -0.2) is 83.4 Å². The van der Waals surface area contributed by atoms with Crippen molar-refractivity contribution in [2.75, 3.05) is 46.8 Å². The average Bonchev–Trinajstić information content (AvgIpc) is 2.88. The molecule has 2 N–H and O–H groups in total. The zero-order valence-corrected chi connectivity index (χ0v) is 24.7. The average molecular weight is 572 g/mol. The Morgan fingerprint density at radius 2 is 1.93 bits per heavy atom. The largest absolute Gasteiger partial charge is 0.389 e. The summed E-state index contributed by atoms with van der Waals surface area (Å²) >= 11 is 0. The Morgan fingerprint density at radius 3 is 2.58 bits per heavy atom. The lowest BCUT2D eigenvalue weighted by Crippen LogP contribution is -2.57. The predicted molar refractivity (Wildman–Crippen MR) is 156 cm³/mol. The maximum atomic E-state index is 14.5. The fourth-order valence-corrected chi connectivity index (χ4v) is 7.03. The standard InChI is InChI=1S/C28H38FN7O3S/c1-16(2)19-7-8-23(36-11-18(17(36)3)13-40(6,38)39)21-10-30-24(9-20(19)21)33-26-31-15-32-27(34-26)35-12-22(29)25(37)28(4,5)14-35/h7-10,15-18,22,25,37H,11-14H2,1-6H3,(H,30,31,32,33,34)/t17-,18-,22+,25+/m0/s1. The Morgan fingerprint density at radius 1 is 1.18 bits per heavy atom. The number of aliphatic hydroxyl groups is 1. The van der Waals surface area contributed by atoms with E-state index < -0.39 is 27.5 Å². The molecule has 10 nitrogen and oxygen atoms in total. The van der Waals surface area contributed by atoms with E-state index in [-0.39, 0.29) is 30.2 Å². The van der Waals surface area contributed by atoms with Gasteiger partial charge in [0.1, 0.15) is 28.2 Å². The third kappa shape index (κ3) is 5.56. The maximum absolute atomic E-state index is 14.5. The number of pyridine rings is 1. The number of alkyl halides is 1. The summed E-state index contributed by atoms with van der Waals surface area (Å²) in [6, 6.07) is 6.32. The first-order valence-electron chi connectivity index (χ1n) is 13.6. The van der Waals surface area contributed by atoms with Crippen molar-refractivity contribution in [3.8, 4) is 0 Å². The summed E-state index contributed by atoms with van der Waals surface area (Å²) in [4.78, 5) is 21.6. The van der Waals surface area contributed by atoms with E-state index in [2.05, 4.69) is 63.1 Å². The second-order valence-corrected chi connectivity index (χ2v) is 14.4. The minimum Gasteiger partial charge on any atom is -0.389 e. The molecule has 3 aromatic rings. The zero-order valence-electron chi connectivity index (χ0n) is 23.8. The third-order valence-corrected chi connectivity index (χ3v) is 9.22. The Labute approximate surface area is 235 Å². The van der Waals surface area contributed by atoms with Crippen molar-refractivity contribution in [1.29, 1.82) is 0 Å². The molecule has 0 radical (unpaired) electrons. The second kappa shape index (κ2) is 10.4. The number of sulfone groups is 1. The second-order valence-electron chi connectivity index (χ2n) is 12.3. The summed E-state index contributed by atoms with van der Waals surface area (Å²) in [5.41, 5.74) is 1.56. The Hall–Kier alpha value is -3.12. The van der Waals surface area contributed by atoms with Crippen LogP contribution < -0.4 is 15.1 Å². The maximum Gasteiger partial charge on any atom is 0.233 e. The lowest BCUT2D eigenvalue weighted by atomic mass is 9.80. The molecule has 4 atom stereocenters. The van der Waals surface area contributed by atoms with E-state index in [0.29, 0.717) is 30.8 Å². The summed E-state index contributed by atoms with van der Waals surface area (Å²) in [6.07, 6.45) is 2.05. The summed E-state index contributed by atoms with van der Waals surface area (Å²) in [7, 11) is -3.04. The van der Waals surface area contributed by atoms with E-state index in [4.69, 9.17) is 0 Å². The van der Waals surface area contributed by atoms with Gasteiger partial charge in [-0.3, -0.25) is 0 Å². The molecule has 2 aliphatic rings. The van der Waals surface area contributed by atoms with Gasteiger partial charge in [-0.2, -0.15) is 4.98 Å². The number of nitrogens with zero attached hydrogens (tertiary/aromatic N) is 6. The van der Waals surface area contributed by atoms with Gasteiger partial charge in [-0.05, 0) is 35.9 Å². The van der Waals surface area contributed by atoms with Crippen molar-refractivity contribution >= 4 is 44.0 Å². The molecule has 40 heavy (non-hydrogen) atoms. The molecule has 12 heteroatoms. The molecule has 0 unspecified atom stereocenters. The van der Waals surface area contributed by atoms with Crippen molar-refractivity contribution in [2.45, 2.75) is 58.9 Å². The van der Waals surface area contributed by atoms with Crippen LogP contribution in [0.2, 0.25) is 0 Å². The zero-order chi connectivity index (χ0) is 29.0. The van der Waals surface area contributed by atoms with E-state index in [1.54, 1.807) is 4.90 Å². The number of nitrogens with one attached hydrogen (secondary N) is 1. The Bertz CT molecular complexity index is 1520. The van der Waals surface area contributed by atoms with Crippen LogP contribution in [0.5, 0.6) is 0 Å². The molecule has 0 saturated carbocycles. The molecule has 2 saturated heterocycles. The van der Waals surface area contributed by atoms with Crippen molar-refractivity contribution in [2.24, 2.45) is 11.3 Å². The highest BCUT2D eigenvalue weighted by atomic mass is 32.2. The number of hydrogen-bond donors (Lipinski definition) is 2.